The van der Waals surface area contributed by atoms with E-state index < -0.39 is 5.97 Å². The summed E-state index contributed by atoms with van der Waals surface area (Å²) in [5.41, 5.74) is 5.93. The van der Waals surface area contributed by atoms with Gasteiger partial charge < -0.3 is 4.74 Å². The van der Waals surface area contributed by atoms with Crippen molar-refractivity contribution >= 4 is 28.3 Å². The van der Waals surface area contributed by atoms with Gasteiger partial charge in [0.1, 0.15) is 5.69 Å². The van der Waals surface area contributed by atoms with E-state index in [0.29, 0.717) is 5.13 Å². The molecule has 7 heteroatoms. The summed E-state index contributed by atoms with van der Waals surface area (Å²) in [6.45, 7) is 6.19. The van der Waals surface area contributed by atoms with E-state index in [-0.39, 0.29) is 17.2 Å². The van der Waals surface area contributed by atoms with Gasteiger partial charge in [-0.3, -0.25) is 15.1 Å². The molecule has 1 amide bonds. The second-order valence-corrected chi connectivity index (χ2v) is 7.03. The van der Waals surface area contributed by atoms with Gasteiger partial charge in [0.2, 0.25) is 0 Å². The highest BCUT2D eigenvalue weighted by Gasteiger charge is 2.14. The highest BCUT2D eigenvalue weighted by molar-refractivity contribution is 7.14. The van der Waals surface area contributed by atoms with Gasteiger partial charge in [0.05, 0.1) is 18.4 Å². The summed E-state index contributed by atoms with van der Waals surface area (Å²) < 4.78 is 4.61. The number of esters is 1. The van der Waals surface area contributed by atoms with Crippen LogP contribution in [0.25, 0.3) is 11.3 Å². The number of anilines is 1. The number of methoxy groups -OCH3 is 1. The van der Waals surface area contributed by atoms with Gasteiger partial charge in [-0.15, -0.1) is 11.3 Å². The van der Waals surface area contributed by atoms with Crippen LogP contribution in [0.4, 0.5) is 5.13 Å². The van der Waals surface area contributed by atoms with Crippen LogP contribution in [0, 0.1) is 20.8 Å². The highest BCUT2D eigenvalue weighted by Crippen LogP contribution is 2.29. The smallest absolute Gasteiger partial charge is 0.339 e. The minimum atomic E-state index is -0.497. The Morgan fingerprint density at radius 1 is 1.07 bits per heavy atom. The summed E-state index contributed by atoms with van der Waals surface area (Å²) in [5, 5.41) is 5.16. The highest BCUT2D eigenvalue weighted by atomic mass is 32.1. The molecular weight excluding hydrogens is 362 g/mol. The zero-order valence-corrected chi connectivity index (χ0v) is 16.3. The average molecular weight is 381 g/mol. The molecule has 0 saturated heterocycles. The summed E-state index contributed by atoms with van der Waals surface area (Å²) >= 11 is 1.35. The van der Waals surface area contributed by atoms with Crippen LogP contribution in [0.15, 0.2) is 35.8 Å². The summed E-state index contributed by atoms with van der Waals surface area (Å²) in [4.78, 5) is 32.3. The second kappa shape index (κ2) is 7.67. The summed E-state index contributed by atoms with van der Waals surface area (Å²) in [6, 6.07) is 7.22. The van der Waals surface area contributed by atoms with Gasteiger partial charge in [-0.05, 0) is 55.7 Å². The number of aromatic nitrogens is 2. The lowest BCUT2D eigenvalue weighted by Crippen LogP contribution is -2.14. The maximum absolute atomic E-state index is 12.4. The van der Waals surface area contributed by atoms with Crippen LogP contribution >= 0.6 is 11.3 Å². The van der Waals surface area contributed by atoms with Crippen LogP contribution in [-0.2, 0) is 4.74 Å². The largest absolute Gasteiger partial charge is 0.465 e. The molecule has 0 aliphatic heterocycles. The lowest BCUT2D eigenvalue weighted by Gasteiger charge is -2.07. The van der Waals surface area contributed by atoms with Crippen LogP contribution < -0.4 is 5.32 Å². The Labute approximate surface area is 161 Å². The van der Waals surface area contributed by atoms with Crippen LogP contribution in [0.5, 0.6) is 0 Å². The molecule has 0 fully saturated rings. The third-order valence-electron chi connectivity index (χ3n) is 4.26. The fourth-order valence-electron chi connectivity index (χ4n) is 2.62. The standard InChI is InChI=1S/C20H19N3O3S/c1-11-7-13(3)15(8-12(11)2)17-10-27-20(22-17)23-18(24)16-6-5-14(9-21-16)19(25)26-4/h5-10H,1-4H3,(H,22,23,24). The first-order valence-electron chi connectivity index (χ1n) is 8.28. The van der Waals surface area contributed by atoms with E-state index in [1.807, 2.05) is 12.3 Å². The van der Waals surface area contributed by atoms with Gasteiger partial charge in [-0.1, -0.05) is 6.07 Å². The predicted octanol–water partition coefficient (Wildman–Crippen LogP) is 4.17. The van der Waals surface area contributed by atoms with Crippen molar-refractivity contribution in [1.29, 1.82) is 0 Å². The molecule has 2 heterocycles. The Kier molecular flexibility index (Phi) is 5.32. The molecule has 3 rings (SSSR count). The number of hydrogen-bond acceptors (Lipinski definition) is 6. The maximum atomic E-state index is 12.4. The number of thiazole rings is 1. The molecule has 6 nitrogen and oxygen atoms in total. The zero-order chi connectivity index (χ0) is 19.6. The SMILES string of the molecule is COC(=O)c1ccc(C(=O)Nc2nc(-c3cc(C)c(C)cc3C)cs2)nc1. The lowest BCUT2D eigenvalue weighted by atomic mass is 9.99. The van der Waals surface area contributed by atoms with Crippen molar-refractivity contribution in [3.05, 3.63) is 63.8 Å². The number of ether oxygens (including phenoxy) is 1. The molecular formula is C20H19N3O3S. The van der Waals surface area contributed by atoms with Crippen molar-refractivity contribution in [1.82, 2.24) is 9.97 Å². The molecule has 0 aliphatic rings. The molecule has 0 atom stereocenters. The Balaban J connectivity index is 1.77. The number of amides is 1. The molecule has 2 aromatic heterocycles. The average Bonchev–Trinajstić information content (AvgIpc) is 3.12. The van der Waals surface area contributed by atoms with Gasteiger partial charge >= 0.3 is 5.97 Å². The topological polar surface area (TPSA) is 81.2 Å². The van der Waals surface area contributed by atoms with Crippen molar-refractivity contribution in [3.8, 4) is 11.3 Å². The number of pyridine rings is 1. The van der Waals surface area contributed by atoms with Gasteiger partial charge in [0.25, 0.3) is 5.91 Å². The Morgan fingerprint density at radius 2 is 1.81 bits per heavy atom. The van der Waals surface area contributed by atoms with E-state index in [0.717, 1.165) is 16.8 Å². The van der Waals surface area contributed by atoms with E-state index in [2.05, 4.69) is 46.0 Å². The number of hydrogen-bond donors (Lipinski definition) is 1. The van der Waals surface area contributed by atoms with E-state index in [9.17, 15) is 9.59 Å². The van der Waals surface area contributed by atoms with Crippen molar-refractivity contribution in [3.63, 3.8) is 0 Å². The van der Waals surface area contributed by atoms with E-state index in [1.54, 1.807) is 0 Å². The Bertz CT molecular complexity index is 1010. The number of aryl methyl sites for hydroxylation is 3. The molecule has 1 aromatic carbocycles. The first-order valence-corrected chi connectivity index (χ1v) is 9.16. The van der Waals surface area contributed by atoms with Crippen molar-refractivity contribution in [2.75, 3.05) is 12.4 Å². The van der Waals surface area contributed by atoms with Gasteiger partial charge in [-0.25, -0.2) is 9.78 Å². The second-order valence-electron chi connectivity index (χ2n) is 6.17. The molecule has 0 aliphatic carbocycles. The van der Waals surface area contributed by atoms with Crippen LogP contribution in [0.2, 0.25) is 0 Å². The number of rotatable bonds is 4. The molecule has 0 bridgehead atoms. The van der Waals surface area contributed by atoms with Crippen LogP contribution in [0.3, 0.4) is 0 Å². The quantitative estimate of drug-likeness (QED) is 0.686. The number of carbonyl (C=O) groups is 2. The molecule has 0 spiro atoms. The lowest BCUT2D eigenvalue weighted by molar-refractivity contribution is 0.0600. The third-order valence-corrected chi connectivity index (χ3v) is 5.02. The number of nitrogens with zero attached hydrogens (tertiary/aromatic N) is 2. The van der Waals surface area contributed by atoms with Gasteiger partial charge in [-0.2, -0.15) is 0 Å². The molecule has 0 unspecified atom stereocenters. The molecule has 138 valence electrons. The third kappa shape index (κ3) is 4.03. The number of benzene rings is 1. The zero-order valence-electron chi connectivity index (χ0n) is 15.5. The number of carbonyl (C=O) groups excluding carboxylic acids is 2. The van der Waals surface area contributed by atoms with Crippen LogP contribution in [-0.4, -0.2) is 29.0 Å². The Hall–Kier alpha value is -3.06. The molecule has 27 heavy (non-hydrogen) atoms. The van der Waals surface area contributed by atoms with Gasteiger partial charge in [0.15, 0.2) is 5.13 Å². The molecule has 0 saturated carbocycles. The molecule has 1 N–H and O–H groups in total. The monoisotopic (exact) mass is 381 g/mol. The van der Waals surface area contributed by atoms with Gasteiger partial charge in [0, 0.05) is 17.1 Å². The maximum Gasteiger partial charge on any atom is 0.339 e. The summed E-state index contributed by atoms with van der Waals surface area (Å²) in [5.74, 6) is -0.882. The van der Waals surface area contributed by atoms with E-state index in [1.165, 1.54) is 47.9 Å². The van der Waals surface area contributed by atoms with Crippen molar-refractivity contribution < 1.29 is 14.3 Å². The van der Waals surface area contributed by atoms with E-state index >= 15 is 0 Å². The van der Waals surface area contributed by atoms with Crippen LogP contribution in [0.1, 0.15) is 37.5 Å². The molecule has 3 aromatic rings. The Morgan fingerprint density at radius 3 is 2.48 bits per heavy atom. The fourth-order valence-corrected chi connectivity index (χ4v) is 3.32. The molecule has 0 radical (unpaired) electrons. The minimum Gasteiger partial charge on any atom is -0.465 e. The predicted molar refractivity (Wildman–Crippen MR) is 105 cm³/mol. The first kappa shape index (κ1) is 18.7. The fraction of sp³-hybridized carbons (Fsp3) is 0.200. The summed E-state index contributed by atoms with van der Waals surface area (Å²) in [7, 11) is 1.29. The normalized spacial score (nSPS) is 10.5. The minimum absolute atomic E-state index is 0.196. The summed E-state index contributed by atoms with van der Waals surface area (Å²) in [6.07, 6.45) is 1.31. The number of nitrogens with one attached hydrogen (secondary N) is 1. The van der Waals surface area contributed by atoms with E-state index in [4.69, 9.17) is 0 Å². The first-order chi connectivity index (χ1) is 12.9. The van der Waals surface area contributed by atoms with Crippen molar-refractivity contribution in [2.45, 2.75) is 20.8 Å². The van der Waals surface area contributed by atoms with Crippen molar-refractivity contribution in [2.24, 2.45) is 0 Å².